The second-order valence-electron chi connectivity index (χ2n) is 5.57. The highest BCUT2D eigenvalue weighted by Crippen LogP contribution is 2.33. The molecule has 2 aliphatic rings. The number of benzene rings is 1. The van der Waals surface area contributed by atoms with E-state index < -0.39 is 0 Å². The van der Waals surface area contributed by atoms with Gasteiger partial charge in [-0.25, -0.2) is 0 Å². The Labute approximate surface area is 118 Å². The van der Waals surface area contributed by atoms with E-state index in [-0.39, 0.29) is 12.0 Å². The molecule has 1 aliphatic heterocycles. The number of fused-ring (bicyclic) bond motifs is 1. The Kier molecular flexibility index (Phi) is 3.40. The number of rotatable bonds is 3. The first kappa shape index (κ1) is 12.8. The summed E-state index contributed by atoms with van der Waals surface area (Å²) < 4.78 is 5.73. The molecule has 0 N–H and O–H groups in total. The molecule has 1 saturated carbocycles. The van der Waals surface area contributed by atoms with Crippen LogP contribution in [-0.2, 0) is 11.2 Å². The number of carbonyl (C=O) groups is 1. The van der Waals surface area contributed by atoms with E-state index in [0.717, 1.165) is 30.7 Å². The second-order valence-corrected chi connectivity index (χ2v) is 6.19. The minimum atomic E-state index is -0.353. The first-order chi connectivity index (χ1) is 9.13. The van der Waals surface area contributed by atoms with Gasteiger partial charge in [0.2, 0.25) is 0 Å². The van der Waals surface area contributed by atoms with Crippen LogP contribution in [0.25, 0.3) is 0 Å². The lowest BCUT2D eigenvalue weighted by Gasteiger charge is -2.34. The lowest BCUT2D eigenvalue weighted by atomic mass is 9.84. The minimum absolute atomic E-state index is 0.0780. The quantitative estimate of drug-likeness (QED) is 0.796. The Hall–Kier alpha value is -1.22. The van der Waals surface area contributed by atoms with E-state index in [2.05, 4.69) is 0 Å². The van der Waals surface area contributed by atoms with Gasteiger partial charge < -0.3 is 9.64 Å². The third-order valence-corrected chi connectivity index (χ3v) is 4.37. The van der Waals surface area contributed by atoms with E-state index in [1.807, 2.05) is 31.3 Å². The maximum absolute atomic E-state index is 12.3. The van der Waals surface area contributed by atoms with Gasteiger partial charge in [0.1, 0.15) is 5.75 Å². The molecule has 1 amide bonds. The summed E-state index contributed by atoms with van der Waals surface area (Å²) in [4.78, 5) is 14.1. The topological polar surface area (TPSA) is 29.5 Å². The highest BCUT2D eigenvalue weighted by Gasteiger charge is 2.34. The van der Waals surface area contributed by atoms with Gasteiger partial charge in [0.05, 0.1) is 0 Å². The molecule has 0 radical (unpaired) electrons. The van der Waals surface area contributed by atoms with Crippen molar-refractivity contribution < 1.29 is 9.53 Å². The van der Waals surface area contributed by atoms with Crippen LogP contribution in [0.15, 0.2) is 24.3 Å². The average Bonchev–Trinajstić information content (AvgIpc) is 2.79. The summed E-state index contributed by atoms with van der Waals surface area (Å²) >= 11 is 5.97. The summed E-state index contributed by atoms with van der Waals surface area (Å²) in [5.74, 6) is 1.48. The van der Waals surface area contributed by atoms with Gasteiger partial charge in [0.25, 0.3) is 5.91 Å². The molecule has 19 heavy (non-hydrogen) atoms. The number of halogens is 1. The maximum atomic E-state index is 12.3. The predicted octanol–water partition coefficient (Wildman–Crippen LogP) is 2.47. The van der Waals surface area contributed by atoms with E-state index in [1.165, 1.54) is 0 Å². The van der Waals surface area contributed by atoms with E-state index in [4.69, 9.17) is 16.3 Å². The van der Waals surface area contributed by atoms with Crippen molar-refractivity contribution >= 4 is 17.5 Å². The standard InChI is InChI=1S/C15H18ClNO2/c1-17(9-10-6-12(16)7-10)15(18)14-8-11-4-2-3-5-13(11)19-14/h2-5,10,12,14H,6-9H2,1H3. The van der Waals surface area contributed by atoms with Crippen LogP contribution in [0.1, 0.15) is 18.4 Å². The Morgan fingerprint density at radius 3 is 2.84 bits per heavy atom. The van der Waals surface area contributed by atoms with Gasteiger partial charge >= 0.3 is 0 Å². The Balaban J connectivity index is 1.57. The van der Waals surface area contributed by atoms with E-state index in [1.54, 1.807) is 4.90 Å². The molecular formula is C15H18ClNO2. The number of carbonyl (C=O) groups excluding carboxylic acids is 1. The van der Waals surface area contributed by atoms with Crippen molar-refractivity contribution in [1.82, 2.24) is 4.90 Å². The Morgan fingerprint density at radius 2 is 2.16 bits per heavy atom. The molecule has 3 nitrogen and oxygen atoms in total. The summed E-state index contributed by atoms with van der Waals surface area (Å²) in [6.07, 6.45) is 2.37. The van der Waals surface area contributed by atoms with Crippen molar-refractivity contribution in [2.75, 3.05) is 13.6 Å². The summed E-state index contributed by atoms with van der Waals surface area (Å²) in [6, 6.07) is 7.86. The fourth-order valence-corrected chi connectivity index (χ4v) is 3.35. The fourth-order valence-electron chi connectivity index (χ4n) is 2.85. The molecule has 0 bridgehead atoms. The van der Waals surface area contributed by atoms with Crippen molar-refractivity contribution in [2.45, 2.75) is 30.7 Å². The van der Waals surface area contributed by atoms with Crippen molar-refractivity contribution in [2.24, 2.45) is 5.92 Å². The maximum Gasteiger partial charge on any atom is 0.263 e. The number of para-hydroxylation sites is 1. The average molecular weight is 280 g/mol. The SMILES string of the molecule is CN(CC1CC(Cl)C1)C(=O)C1Cc2ccccc2O1. The molecule has 102 valence electrons. The normalized spacial score (nSPS) is 28.2. The van der Waals surface area contributed by atoms with E-state index >= 15 is 0 Å². The number of likely N-dealkylation sites (N-methyl/N-ethyl adjacent to an activating group) is 1. The molecule has 4 heteroatoms. The third kappa shape index (κ3) is 2.57. The van der Waals surface area contributed by atoms with Gasteiger partial charge in [0, 0.05) is 25.4 Å². The van der Waals surface area contributed by atoms with Crippen LogP contribution in [-0.4, -0.2) is 35.9 Å². The predicted molar refractivity (Wildman–Crippen MR) is 74.6 cm³/mol. The minimum Gasteiger partial charge on any atom is -0.480 e. The van der Waals surface area contributed by atoms with Crippen molar-refractivity contribution in [3.63, 3.8) is 0 Å². The summed E-state index contributed by atoms with van der Waals surface area (Å²) in [7, 11) is 1.86. The van der Waals surface area contributed by atoms with Crippen molar-refractivity contribution in [1.29, 1.82) is 0 Å². The van der Waals surface area contributed by atoms with Gasteiger partial charge in [-0.1, -0.05) is 18.2 Å². The monoisotopic (exact) mass is 279 g/mol. The van der Waals surface area contributed by atoms with Gasteiger partial charge in [-0.3, -0.25) is 4.79 Å². The first-order valence-corrected chi connectivity index (χ1v) is 7.20. The van der Waals surface area contributed by atoms with E-state index in [9.17, 15) is 4.79 Å². The number of amides is 1. The summed E-state index contributed by atoms with van der Waals surface area (Å²) in [5.41, 5.74) is 1.12. The van der Waals surface area contributed by atoms with Crippen LogP contribution >= 0.6 is 11.6 Å². The van der Waals surface area contributed by atoms with Crippen LogP contribution < -0.4 is 4.74 Å². The van der Waals surface area contributed by atoms with Crippen LogP contribution in [0, 0.1) is 5.92 Å². The molecule has 1 atom stereocenters. The lowest BCUT2D eigenvalue weighted by Crippen LogP contribution is -2.43. The van der Waals surface area contributed by atoms with Gasteiger partial charge in [-0.2, -0.15) is 0 Å². The molecule has 1 aromatic carbocycles. The number of hydrogen-bond donors (Lipinski definition) is 0. The van der Waals surface area contributed by atoms with Crippen LogP contribution in [0.4, 0.5) is 0 Å². The molecular weight excluding hydrogens is 262 g/mol. The molecule has 0 saturated heterocycles. The van der Waals surface area contributed by atoms with E-state index in [0.29, 0.717) is 17.7 Å². The zero-order chi connectivity index (χ0) is 13.4. The molecule has 1 unspecified atom stereocenters. The smallest absolute Gasteiger partial charge is 0.263 e. The molecule has 1 aromatic rings. The van der Waals surface area contributed by atoms with Gasteiger partial charge in [0.15, 0.2) is 6.10 Å². The molecule has 0 spiro atoms. The molecule has 0 aromatic heterocycles. The molecule has 3 rings (SSSR count). The summed E-state index contributed by atoms with van der Waals surface area (Å²) in [6.45, 7) is 0.790. The van der Waals surface area contributed by atoms with Crippen LogP contribution in [0.2, 0.25) is 0 Å². The number of hydrogen-bond acceptors (Lipinski definition) is 2. The van der Waals surface area contributed by atoms with Crippen LogP contribution in [0.5, 0.6) is 5.75 Å². The van der Waals surface area contributed by atoms with Gasteiger partial charge in [-0.05, 0) is 30.4 Å². The largest absolute Gasteiger partial charge is 0.480 e. The zero-order valence-corrected chi connectivity index (χ0v) is 11.8. The van der Waals surface area contributed by atoms with Crippen molar-refractivity contribution in [3.05, 3.63) is 29.8 Å². The van der Waals surface area contributed by atoms with Gasteiger partial charge in [-0.15, -0.1) is 11.6 Å². The molecule has 1 aliphatic carbocycles. The molecule has 1 heterocycles. The zero-order valence-electron chi connectivity index (χ0n) is 11.0. The highest BCUT2D eigenvalue weighted by atomic mass is 35.5. The number of nitrogens with zero attached hydrogens (tertiary/aromatic N) is 1. The Bertz CT molecular complexity index is 460. The third-order valence-electron chi connectivity index (χ3n) is 4.01. The highest BCUT2D eigenvalue weighted by molar-refractivity contribution is 6.21. The second kappa shape index (κ2) is 5.04. The number of ether oxygens (including phenoxy) is 1. The summed E-state index contributed by atoms with van der Waals surface area (Å²) in [5, 5.41) is 0.306. The Morgan fingerprint density at radius 1 is 1.42 bits per heavy atom. The first-order valence-electron chi connectivity index (χ1n) is 6.77. The fraction of sp³-hybridized carbons (Fsp3) is 0.533. The lowest BCUT2D eigenvalue weighted by molar-refractivity contribution is -0.137. The van der Waals surface area contributed by atoms with Crippen molar-refractivity contribution in [3.8, 4) is 5.75 Å². The number of alkyl halides is 1. The molecule has 1 fully saturated rings. The van der Waals surface area contributed by atoms with Crippen LogP contribution in [0.3, 0.4) is 0 Å².